The summed E-state index contributed by atoms with van der Waals surface area (Å²) < 4.78 is 0. The summed E-state index contributed by atoms with van der Waals surface area (Å²) in [5, 5.41) is 0.543. The van der Waals surface area contributed by atoms with E-state index in [9.17, 15) is 4.79 Å². The lowest BCUT2D eigenvalue weighted by Crippen LogP contribution is -2.34. The molecule has 0 aliphatic rings. The van der Waals surface area contributed by atoms with E-state index in [1.54, 1.807) is 6.07 Å². The predicted octanol–water partition coefficient (Wildman–Crippen LogP) is 4.44. The standard InChI is InChI=1S/C16H25ClN2OS/c1-3-5-9-19(10-6-4-2)16(20)12-21-13-7-8-15(18)14(17)11-13/h7-8,11H,3-6,9-10,12,18H2,1-2H3. The van der Waals surface area contributed by atoms with Gasteiger partial charge in [-0.2, -0.15) is 0 Å². The third kappa shape index (κ3) is 6.62. The fourth-order valence-corrected chi connectivity index (χ4v) is 2.98. The molecule has 0 unspecified atom stereocenters. The second-order valence-corrected chi connectivity index (χ2v) is 6.52. The summed E-state index contributed by atoms with van der Waals surface area (Å²) in [5.74, 6) is 0.656. The Kier molecular flexibility index (Phi) is 8.62. The van der Waals surface area contributed by atoms with Crippen LogP contribution < -0.4 is 5.73 Å². The number of carbonyl (C=O) groups is 1. The van der Waals surface area contributed by atoms with Crippen LogP contribution in [0.5, 0.6) is 0 Å². The van der Waals surface area contributed by atoms with Crippen molar-refractivity contribution in [3.8, 4) is 0 Å². The first-order valence-electron chi connectivity index (χ1n) is 7.54. The molecule has 21 heavy (non-hydrogen) atoms. The maximum atomic E-state index is 12.3. The lowest BCUT2D eigenvalue weighted by Gasteiger charge is -2.22. The zero-order valence-electron chi connectivity index (χ0n) is 12.9. The molecule has 1 rings (SSSR count). The number of unbranched alkanes of at least 4 members (excludes halogenated alkanes) is 2. The highest BCUT2D eigenvalue weighted by Crippen LogP contribution is 2.26. The average molecular weight is 329 g/mol. The molecule has 0 aliphatic heterocycles. The fourth-order valence-electron chi connectivity index (χ4n) is 1.89. The van der Waals surface area contributed by atoms with Gasteiger partial charge in [0.2, 0.25) is 5.91 Å². The topological polar surface area (TPSA) is 46.3 Å². The number of nitrogens with two attached hydrogens (primary N) is 1. The Bertz CT molecular complexity index is 446. The number of rotatable bonds is 9. The molecule has 0 saturated heterocycles. The van der Waals surface area contributed by atoms with Gasteiger partial charge in [-0.25, -0.2) is 0 Å². The summed E-state index contributed by atoms with van der Waals surface area (Å²) in [6, 6.07) is 5.50. The molecule has 0 bridgehead atoms. The van der Waals surface area contributed by atoms with Gasteiger partial charge in [0, 0.05) is 18.0 Å². The minimum atomic E-state index is 0.204. The third-order valence-corrected chi connectivity index (χ3v) is 4.56. The molecule has 0 fully saturated rings. The third-order valence-electron chi connectivity index (χ3n) is 3.25. The number of halogens is 1. The van der Waals surface area contributed by atoms with Crippen LogP contribution in [0.25, 0.3) is 0 Å². The van der Waals surface area contributed by atoms with Crippen molar-refractivity contribution in [2.75, 3.05) is 24.6 Å². The summed E-state index contributed by atoms with van der Waals surface area (Å²) in [4.78, 5) is 15.3. The van der Waals surface area contributed by atoms with E-state index in [4.69, 9.17) is 17.3 Å². The van der Waals surface area contributed by atoms with Crippen molar-refractivity contribution >= 4 is 35.0 Å². The van der Waals surface area contributed by atoms with Crippen LogP contribution in [0.3, 0.4) is 0 Å². The molecule has 1 aromatic rings. The molecular formula is C16H25ClN2OS. The van der Waals surface area contributed by atoms with E-state index in [0.29, 0.717) is 16.5 Å². The summed E-state index contributed by atoms with van der Waals surface area (Å²) in [7, 11) is 0. The molecule has 2 N–H and O–H groups in total. The van der Waals surface area contributed by atoms with Crippen molar-refractivity contribution in [1.82, 2.24) is 4.90 Å². The van der Waals surface area contributed by atoms with Crippen LogP contribution in [-0.2, 0) is 4.79 Å². The molecule has 0 saturated carbocycles. The highest BCUT2D eigenvalue weighted by Gasteiger charge is 2.13. The summed E-state index contributed by atoms with van der Waals surface area (Å²) in [6.07, 6.45) is 4.34. The maximum Gasteiger partial charge on any atom is 0.232 e. The summed E-state index contributed by atoms with van der Waals surface area (Å²) >= 11 is 7.51. The number of nitrogen functional groups attached to an aromatic ring is 1. The Morgan fingerprint density at radius 3 is 2.38 bits per heavy atom. The molecule has 0 radical (unpaired) electrons. The quantitative estimate of drug-likeness (QED) is 0.538. The molecule has 1 amide bonds. The summed E-state index contributed by atoms with van der Waals surface area (Å²) in [5.41, 5.74) is 6.26. The first-order valence-corrected chi connectivity index (χ1v) is 8.90. The number of nitrogens with zero attached hydrogens (tertiary/aromatic N) is 1. The van der Waals surface area contributed by atoms with Crippen LogP contribution >= 0.6 is 23.4 Å². The highest BCUT2D eigenvalue weighted by atomic mass is 35.5. The number of hydrogen-bond acceptors (Lipinski definition) is 3. The van der Waals surface area contributed by atoms with Crippen LogP contribution in [0.15, 0.2) is 23.1 Å². The number of thioether (sulfide) groups is 1. The largest absolute Gasteiger partial charge is 0.398 e. The predicted molar refractivity (Wildman–Crippen MR) is 93.0 cm³/mol. The minimum Gasteiger partial charge on any atom is -0.398 e. The second-order valence-electron chi connectivity index (χ2n) is 5.06. The van der Waals surface area contributed by atoms with Crippen molar-refractivity contribution in [2.24, 2.45) is 0 Å². The van der Waals surface area contributed by atoms with Crippen molar-refractivity contribution in [3.63, 3.8) is 0 Å². The Labute approximate surface area is 137 Å². The van der Waals surface area contributed by atoms with Crippen molar-refractivity contribution in [1.29, 1.82) is 0 Å². The lowest BCUT2D eigenvalue weighted by atomic mass is 10.2. The Balaban J connectivity index is 2.53. The zero-order valence-corrected chi connectivity index (χ0v) is 14.5. The Hall–Kier alpha value is -0.870. The monoisotopic (exact) mass is 328 g/mol. The van der Waals surface area contributed by atoms with Gasteiger partial charge in [0.25, 0.3) is 0 Å². The SMILES string of the molecule is CCCCN(CCCC)C(=O)CSc1ccc(N)c(Cl)c1. The zero-order chi connectivity index (χ0) is 15.7. The van der Waals surface area contributed by atoms with Crippen LogP contribution in [-0.4, -0.2) is 29.6 Å². The molecule has 0 aromatic heterocycles. The maximum absolute atomic E-state index is 12.3. The van der Waals surface area contributed by atoms with Gasteiger partial charge in [-0.3, -0.25) is 4.79 Å². The molecule has 0 spiro atoms. The van der Waals surface area contributed by atoms with E-state index in [0.717, 1.165) is 43.7 Å². The van der Waals surface area contributed by atoms with E-state index in [2.05, 4.69) is 13.8 Å². The fraction of sp³-hybridized carbons (Fsp3) is 0.562. The van der Waals surface area contributed by atoms with E-state index >= 15 is 0 Å². The van der Waals surface area contributed by atoms with Crippen molar-refractivity contribution in [2.45, 2.75) is 44.4 Å². The van der Waals surface area contributed by atoms with Gasteiger partial charge >= 0.3 is 0 Å². The Morgan fingerprint density at radius 1 is 1.24 bits per heavy atom. The van der Waals surface area contributed by atoms with Crippen LogP contribution in [0.4, 0.5) is 5.69 Å². The molecule has 0 atom stereocenters. The highest BCUT2D eigenvalue weighted by molar-refractivity contribution is 8.00. The van der Waals surface area contributed by atoms with E-state index in [-0.39, 0.29) is 5.91 Å². The van der Waals surface area contributed by atoms with E-state index in [1.165, 1.54) is 11.8 Å². The molecule has 3 nitrogen and oxygen atoms in total. The van der Waals surface area contributed by atoms with Gasteiger partial charge in [0.1, 0.15) is 0 Å². The number of amides is 1. The van der Waals surface area contributed by atoms with Crippen LogP contribution in [0.2, 0.25) is 5.02 Å². The number of anilines is 1. The van der Waals surface area contributed by atoms with Gasteiger partial charge in [0.15, 0.2) is 0 Å². The first kappa shape index (κ1) is 18.2. The normalized spacial score (nSPS) is 10.6. The summed E-state index contributed by atoms with van der Waals surface area (Å²) in [6.45, 7) is 6.01. The molecule has 0 heterocycles. The van der Waals surface area contributed by atoms with Gasteiger partial charge < -0.3 is 10.6 Å². The van der Waals surface area contributed by atoms with Crippen LogP contribution in [0.1, 0.15) is 39.5 Å². The van der Waals surface area contributed by atoms with E-state index in [1.807, 2.05) is 17.0 Å². The number of carbonyl (C=O) groups excluding carboxylic acids is 1. The van der Waals surface area contributed by atoms with E-state index < -0.39 is 0 Å². The van der Waals surface area contributed by atoms with Gasteiger partial charge in [-0.05, 0) is 31.0 Å². The molecule has 118 valence electrons. The van der Waals surface area contributed by atoms with Crippen molar-refractivity contribution < 1.29 is 4.79 Å². The number of hydrogen-bond donors (Lipinski definition) is 1. The molecule has 0 aliphatic carbocycles. The second kappa shape index (κ2) is 9.96. The molecule has 5 heteroatoms. The van der Waals surface area contributed by atoms with Gasteiger partial charge in [-0.15, -0.1) is 11.8 Å². The van der Waals surface area contributed by atoms with Gasteiger partial charge in [-0.1, -0.05) is 38.3 Å². The van der Waals surface area contributed by atoms with Crippen molar-refractivity contribution in [3.05, 3.63) is 23.2 Å². The lowest BCUT2D eigenvalue weighted by molar-refractivity contribution is -0.128. The Morgan fingerprint density at radius 2 is 1.86 bits per heavy atom. The first-order chi connectivity index (χ1) is 10.1. The minimum absolute atomic E-state index is 0.204. The molecule has 1 aromatic carbocycles. The average Bonchev–Trinajstić information content (AvgIpc) is 2.48. The number of benzene rings is 1. The smallest absolute Gasteiger partial charge is 0.232 e. The van der Waals surface area contributed by atoms with Crippen LogP contribution in [0, 0.1) is 0 Å². The molecular weight excluding hydrogens is 304 g/mol. The van der Waals surface area contributed by atoms with Gasteiger partial charge in [0.05, 0.1) is 16.5 Å².